The molecule has 1 amide bonds. The maximum absolute atomic E-state index is 12.4. The maximum atomic E-state index is 12.4. The summed E-state index contributed by atoms with van der Waals surface area (Å²) in [5, 5.41) is 0. The van der Waals surface area contributed by atoms with Gasteiger partial charge in [-0.05, 0) is 46.3 Å². The molecule has 4 nitrogen and oxygen atoms in total. The lowest BCUT2D eigenvalue weighted by Crippen LogP contribution is -2.26. The predicted molar refractivity (Wildman–Crippen MR) is 82.9 cm³/mol. The number of halogens is 2. The molecule has 106 valence electrons. The van der Waals surface area contributed by atoms with E-state index in [1.807, 2.05) is 12.1 Å². The number of rotatable bonds is 4. The minimum Gasteiger partial charge on any atom is -0.496 e. The zero-order valence-electron chi connectivity index (χ0n) is 11.0. The average Bonchev–Trinajstić information content (AvgIpc) is 2.83. The minimum absolute atomic E-state index is 0.123. The van der Waals surface area contributed by atoms with Crippen LogP contribution in [0, 0.1) is 0 Å². The van der Waals surface area contributed by atoms with Crippen LogP contribution in [0.5, 0.6) is 5.75 Å². The Labute approximate surface area is 134 Å². The Balaban J connectivity index is 2.18. The molecule has 0 aliphatic heterocycles. The van der Waals surface area contributed by atoms with E-state index < -0.39 is 0 Å². The van der Waals surface area contributed by atoms with Gasteiger partial charge in [0.25, 0.3) is 5.91 Å². The molecule has 0 radical (unpaired) electrons. The van der Waals surface area contributed by atoms with Gasteiger partial charge in [-0.15, -0.1) is 0 Å². The second-order valence-corrected chi connectivity index (χ2v) is 5.91. The van der Waals surface area contributed by atoms with Crippen LogP contribution in [0.2, 0.25) is 0 Å². The molecule has 1 aromatic carbocycles. The molecule has 20 heavy (non-hydrogen) atoms. The van der Waals surface area contributed by atoms with Crippen LogP contribution in [0.1, 0.15) is 16.1 Å². The van der Waals surface area contributed by atoms with Crippen molar-refractivity contribution in [2.75, 3.05) is 14.2 Å². The van der Waals surface area contributed by atoms with Crippen LogP contribution in [-0.4, -0.2) is 25.0 Å². The second-order valence-electron chi connectivity index (χ2n) is 4.21. The monoisotopic (exact) mass is 401 g/mol. The largest absolute Gasteiger partial charge is 0.496 e. The van der Waals surface area contributed by atoms with E-state index in [4.69, 9.17) is 9.15 Å². The number of methoxy groups -OCH3 is 1. The number of carbonyl (C=O) groups is 1. The number of benzene rings is 1. The molecule has 0 unspecified atom stereocenters. The number of furan rings is 1. The summed E-state index contributed by atoms with van der Waals surface area (Å²) in [6, 6.07) is 8.94. The molecule has 0 aliphatic carbocycles. The highest BCUT2D eigenvalue weighted by Crippen LogP contribution is 2.25. The molecule has 1 heterocycles. The highest BCUT2D eigenvalue weighted by molar-refractivity contribution is 9.10. The summed E-state index contributed by atoms with van der Waals surface area (Å²) in [7, 11) is 3.27. The third kappa shape index (κ3) is 3.43. The third-order valence-corrected chi connectivity index (χ3v) is 3.68. The Bertz CT molecular complexity index is 625. The standard InChI is InChI=1S/C14H13Br2NO3/c1-17(8-10-4-6-13(16)20-10)14(18)11-5-3-9(15)7-12(11)19-2/h3-7H,8H2,1-2H3. The normalized spacial score (nSPS) is 10.4. The molecule has 0 aliphatic rings. The first-order chi connectivity index (χ1) is 9.51. The fourth-order valence-corrected chi connectivity index (χ4v) is 2.47. The van der Waals surface area contributed by atoms with Gasteiger partial charge in [-0.25, -0.2) is 0 Å². The van der Waals surface area contributed by atoms with Crippen molar-refractivity contribution in [1.82, 2.24) is 4.90 Å². The number of nitrogens with zero attached hydrogens (tertiary/aromatic N) is 1. The molecule has 0 saturated carbocycles. The van der Waals surface area contributed by atoms with E-state index >= 15 is 0 Å². The first kappa shape index (κ1) is 15.1. The molecule has 0 bridgehead atoms. The smallest absolute Gasteiger partial charge is 0.257 e. The van der Waals surface area contributed by atoms with Gasteiger partial charge < -0.3 is 14.1 Å². The van der Waals surface area contributed by atoms with Crippen molar-refractivity contribution >= 4 is 37.8 Å². The Morgan fingerprint density at radius 3 is 2.65 bits per heavy atom. The van der Waals surface area contributed by atoms with Crippen molar-refractivity contribution in [3.05, 3.63) is 50.8 Å². The van der Waals surface area contributed by atoms with E-state index in [2.05, 4.69) is 31.9 Å². The lowest BCUT2D eigenvalue weighted by Gasteiger charge is -2.17. The van der Waals surface area contributed by atoms with Crippen molar-refractivity contribution in [3.8, 4) is 5.75 Å². The van der Waals surface area contributed by atoms with Crippen LogP contribution in [0.15, 0.2) is 43.9 Å². The quantitative estimate of drug-likeness (QED) is 0.773. The van der Waals surface area contributed by atoms with E-state index in [-0.39, 0.29) is 5.91 Å². The molecular weight excluding hydrogens is 390 g/mol. The Morgan fingerprint density at radius 2 is 2.05 bits per heavy atom. The summed E-state index contributed by atoms with van der Waals surface area (Å²) in [4.78, 5) is 14.0. The van der Waals surface area contributed by atoms with Crippen LogP contribution in [0.25, 0.3) is 0 Å². The van der Waals surface area contributed by atoms with Crippen molar-refractivity contribution in [2.45, 2.75) is 6.54 Å². The second kappa shape index (κ2) is 6.45. The van der Waals surface area contributed by atoms with Gasteiger partial charge in [0.2, 0.25) is 0 Å². The van der Waals surface area contributed by atoms with Crippen molar-refractivity contribution in [3.63, 3.8) is 0 Å². The first-order valence-corrected chi connectivity index (χ1v) is 7.43. The van der Waals surface area contributed by atoms with E-state index in [0.29, 0.717) is 28.3 Å². The van der Waals surface area contributed by atoms with Crippen molar-refractivity contribution in [2.24, 2.45) is 0 Å². The van der Waals surface area contributed by atoms with E-state index in [0.717, 1.165) is 4.47 Å². The van der Waals surface area contributed by atoms with Gasteiger partial charge >= 0.3 is 0 Å². The molecule has 2 aromatic rings. The molecule has 6 heteroatoms. The van der Waals surface area contributed by atoms with Gasteiger partial charge in [-0.2, -0.15) is 0 Å². The van der Waals surface area contributed by atoms with Gasteiger partial charge in [-0.1, -0.05) is 15.9 Å². The molecule has 0 fully saturated rings. The first-order valence-electron chi connectivity index (χ1n) is 5.84. The third-order valence-electron chi connectivity index (χ3n) is 2.76. The van der Waals surface area contributed by atoms with E-state index in [1.165, 1.54) is 0 Å². The zero-order valence-corrected chi connectivity index (χ0v) is 14.2. The highest BCUT2D eigenvalue weighted by Gasteiger charge is 2.18. The maximum Gasteiger partial charge on any atom is 0.257 e. The Kier molecular flexibility index (Phi) is 4.88. The van der Waals surface area contributed by atoms with Crippen LogP contribution < -0.4 is 4.74 Å². The molecule has 2 rings (SSSR count). The SMILES string of the molecule is COc1cc(Br)ccc1C(=O)N(C)Cc1ccc(Br)o1. The fraction of sp³-hybridized carbons (Fsp3) is 0.214. The molecule has 0 N–H and O–H groups in total. The topological polar surface area (TPSA) is 42.7 Å². The highest BCUT2D eigenvalue weighted by atomic mass is 79.9. The number of carbonyl (C=O) groups excluding carboxylic acids is 1. The van der Waals surface area contributed by atoms with Gasteiger partial charge in [0.05, 0.1) is 19.2 Å². The fourth-order valence-electron chi connectivity index (χ4n) is 1.79. The summed E-state index contributed by atoms with van der Waals surface area (Å²) >= 11 is 6.59. The minimum atomic E-state index is -0.123. The summed E-state index contributed by atoms with van der Waals surface area (Å²) in [5.74, 6) is 1.13. The van der Waals surface area contributed by atoms with Gasteiger partial charge in [0, 0.05) is 11.5 Å². The Morgan fingerprint density at radius 1 is 1.30 bits per heavy atom. The zero-order chi connectivity index (χ0) is 14.7. The van der Waals surface area contributed by atoms with Crippen LogP contribution in [-0.2, 0) is 6.54 Å². The molecule has 0 spiro atoms. The van der Waals surface area contributed by atoms with Gasteiger partial charge in [0.15, 0.2) is 4.67 Å². The average molecular weight is 403 g/mol. The molecule has 1 aromatic heterocycles. The number of hydrogen-bond acceptors (Lipinski definition) is 3. The van der Waals surface area contributed by atoms with Gasteiger partial charge in [0.1, 0.15) is 11.5 Å². The Hall–Kier alpha value is -1.27. The predicted octanol–water partition coefficient (Wildman–Crippen LogP) is 4.09. The van der Waals surface area contributed by atoms with Gasteiger partial charge in [-0.3, -0.25) is 4.79 Å². The van der Waals surface area contributed by atoms with Crippen molar-refractivity contribution < 1.29 is 13.9 Å². The number of hydrogen-bond donors (Lipinski definition) is 0. The summed E-state index contributed by atoms with van der Waals surface area (Å²) in [6.07, 6.45) is 0. The lowest BCUT2D eigenvalue weighted by molar-refractivity contribution is 0.0771. The van der Waals surface area contributed by atoms with Crippen LogP contribution in [0.3, 0.4) is 0 Å². The van der Waals surface area contributed by atoms with Crippen LogP contribution >= 0.6 is 31.9 Å². The van der Waals surface area contributed by atoms with E-state index in [1.54, 1.807) is 37.3 Å². The van der Waals surface area contributed by atoms with Crippen molar-refractivity contribution in [1.29, 1.82) is 0 Å². The van der Waals surface area contributed by atoms with Crippen LogP contribution in [0.4, 0.5) is 0 Å². The molecule has 0 atom stereocenters. The molecule has 0 saturated heterocycles. The summed E-state index contributed by atoms with van der Waals surface area (Å²) in [6.45, 7) is 0.393. The summed E-state index contributed by atoms with van der Waals surface area (Å²) in [5.41, 5.74) is 0.517. The number of amides is 1. The molecular formula is C14H13Br2NO3. The van der Waals surface area contributed by atoms with E-state index in [9.17, 15) is 4.79 Å². The number of ether oxygens (including phenoxy) is 1. The summed E-state index contributed by atoms with van der Waals surface area (Å²) < 4.78 is 12.2. The lowest BCUT2D eigenvalue weighted by atomic mass is 10.1.